The fraction of sp³-hybridized carbons (Fsp3) is 0.377. The van der Waals surface area contributed by atoms with E-state index in [4.69, 9.17) is 31.5 Å². The lowest BCUT2D eigenvalue weighted by Gasteiger charge is -2.39. The first-order chi connectivity index (χ1) is 36.5. The third kappa shape index (κ3) is 9.98. The van der Waals surface area contributed by atoms with Gasteiger partial charge in [0.25, 0.3) is 0 Å². The van der Waals surface area contributed by atoms with Gasteiger partial charge < -0.3 is 26.0 Å². The minimum Gasteiger partial charge on any atom is -0.462 e. The standard InChI is InChI=1S/C53H55ClFN13O7S/c1-28(2)75-47(74)26-59-44(71)25-58-45(72)27-65-40-8-6-7-36-37-22-41-34(21-38(37)55)24-60-67(41)68(19-15-33(16-20-68)51(64-65)49(36)40)46(73)14-13-42(69)56-17-18-57-43(70)23-39-52-63-62-31(5)66(52)53-48(29(3)30(4)76-53)50(61-39)32-9-11-35(54)12-10-32/h6-12,21-22,24,28,33,39H,13-20,23,25-27H2,1-5H3,(H3-,56,57,58,59,69,70,71,72)/p+1/t33?,39-,68?/m0/s1. The van der Waals surface area contributed by atoms with Crippen molar-refractivity contribution in [2.24, 2.45) is 4.99 Å². The Balaban J connectivity index is 0.796. The number of benzene rings is 3. The molecule has 0 spiro atoms. The van der Waals surface area contributed by atoms with Crippen LogP contribution in [0.25, 0.3) is 37.9 Å². The van der Waals surface area contributed by atoms with Crippen LogP contribution in [0.2, 0.25) is 5.02 Å². The first-order valence-corrected chi connectivity index (χ1v) is 26.4. The van der Waals surface area contributed by atoms with Crippen molar-refractivity contribution in [3.63, 3.8) is 0 Å². The smallest absolute Gasteiger partial charge is 0.340 e. The molecule has 8 heterocycles. The summed E-state index contributed by atoms with van der Waals surface area (Å²) in [5, 5.41) is 32.0. The van der Waals surface area contributed by atoms with Crippen molar-refractivity contribution < 1.29 is 37.9 Å². The number of amides is 5. The van der Waals surface area contributed by atoms with E-state index < -0.39 is 29.6 Å². The lowest BCUT2D eigenvalue weighted by molar-refractivity contribution is -0.147. The second kappa shape index (κ2) is 21.1. The van der Waals surface area contributed by atoms with Gasteiger partial charge in [0.1, 0.15) is 54.4 Å². The highest BCUT2D eigenvalue weighted by atomic mass is 35.5. The van der Waals surface area contributed by atoms with Crippen molar-refractivity contribution in [3.8, 4) is 16.1 Å². The molecular weight excluding hydrogens is 1020 g/mol. The summed E-state index contributed by atoms with van der Waals surface area (Å²) in [6.45, 7) is 9.26. The number of hydrogen-bond acceptors (Lipinski definition) is 13. The summed E-state index contributed by atoms with van der Waals surface area (Å²) in [6, 6.07) is 15.3. The Morgan fingerprint density at radius 2 is 1.59 bits per heavy atom. The summed E-state index contributed by atoms with van der Waals surface area (Å²) in [6.07, 6.45) is 1.89. The third-order valence-electron chi connectivity index (χ3n) is 14.2. The van der Waals surface area contributed by atoms with Gasteiger partial charge in [0, 0.05) is 75.6 Å². The second-order valence-electron chi connectivity index (χ2n) is 19.6. The van der Waals surface area contributed by atoms with Crippen molar-refractivity contribution in [1.82, 2.24) is 60.3 Å². The van der Waals surface area contributed by atoms with E-state index in [1.54, 1.807) is 53.0 Å². The summed E-state index contributed by atoms with van der Waals surface area (Å²) in [4.78, 5) is 87.2. The number of carbonyl (C=O) groups excluding carboxylic acids is 6. The van der Waals surface area contributed by atoms with E-state index in [9.17, 15) is 28.8 Å². The van der Waals surface area contributed by atoms with Crippen LogP contribution < -0.4 is 25.9 Å². The Hall–Kier alpha value is -7.69. The van der Waals surface area contributed by atoms with E-state index in [1.807, 2.05) is 47.9 Å². The topological polar surface area (TPSA) is 238 Å². The number of aliphatic imine (C=N–C) groups is 1. The molecule has 1 saturated heterocycles. The molecule has 7 aromatic rings. The number of fused-ring (bicyclic) bond motifs is 5. The van der Waals surface area contributed by atoms with E-state index in [0.29, 0.717) is 75.7 Å². The summed E-state index contributed by atoms with van der Waals surface area (Å²) in [5.74, 6) is -2.07. The zero-order valence-electron chi connectivity index (χ0n) is 42.5. The number of aromatic nitrogens is 7. The molecule has 3 aromatic carbocycles. The van der Waals surface area contributed by atoms with Crippen LogP contribution in [0.5, 0.6) is 0 Å². The van der Waals surface area contributed by atoms with Crippen molar-refractivity contribution in [2.45, 2.75) is 91.3 Å². The molecule has 11 rings (SSSR count). The first-order valence-electron chi connectivity index (χ1n) is 25.2. The molecule has 4 aliphatic heterocycles. The molecule has 5 amide bonds. The van der Waals surface area contributed by atoms with Gasteiger partial charge >= 0.3 is 11.9 Å². The monoisotopic (exact) mass is 1070 g/mol. The fourth-order valence-corrected chi connectivity index (χ4v) is 11.8. The Labute approximate surface area is 444 Å². The molecule has 76 heavy (non-hydrogen) atoms. The number of piperidine rings is 1. The SMILES string of the molecule is Cc1sc2c(c1C)C(c1ccc(Cl)cc1)=N[C@@H](CC(=O)NCCNC(=O)CCC(=O)[N+]13CCC(CC1)c1nn(CC(=O)NCC(=O)NCC(=O)OC(C)C)c4cccc(c14)-c1cc4c(cnn43)cc1F)c1nnc(C)n1-2. The molecule has 20 nitrogen and oxygen atoms in total. The maximum Gasteiger partial charge on any atom is 0.340 e. The Bertz CT molecular complexity index is 3520. The number of quaternary nitrogens is 1. The number of hydrogen-bond donors (Lipinski definition) is 4. The lowest BCUT2D eigenvalue weighted by Crippen LogP contribution is -2.65. The number of nitrogens with zero attached hydrogens (tertiary/aromatic N) is 9. The van der Waals surface area contributed by atoms with Gasteiger partial charge in [-0.05, 0) is 76.1 Å². The van der Waals surface area contributed by atoms with Crippen molar-refractivity contribution in [3.05, 3.63) is 111 Å². The number of nitrogens with one attached hydrogen (secondary N) is 4. The molecule has 4 aromatic heterocycles. The summed E-state index contributed by atoms with van der Waals surface area (Å²) < 4.78 is 24.6. The molecule has 4 N–H and O–H groups in total. The molecule has 0 aliphatic carbocycles. The molecule has 1 fully saturated rings. The van der Waals surface area contributed by atoms with Crippen LogP contribution in [0.4, 0.5) is 4.39 Å². The molecule has 4 aliphatic rings. The van der Waals surface area contributed by atoms with Gasteiger partial charge in [0.2, 0.25) is 23.6 Å². The Kier molecular flexibility index (Phi) is 14.4. The summed E-state index contributed by atoms with van der Waals surface area (Å²) in [7, 11) is 0. The minimum atomic E-state index is -0.667. The van der Waals surface area contributed by atoms with Crippen LogP contribution in [0.1, 0.15) is 96.8 Å². The summed E-state index contributed by atoms with van der Waals surface area (Å²) in [5.41, 5.74) is 6.23. The molecule has 394 valence electrons. The number of esters is 1. The van der Waals surface area contributed by atoms with Gasteiger partial charge in [-0.3, -0.25) is 38.2 Å². The normalized spacial score (nSPS) is 17.4. The van der Waals surface area contributed by atoms with E-state index in [-0.39, 0.29) is 91.9 Å². The fourth-order valence-electron chi connectivity index (χ4n) is 10.5. The van der Waals surface area contributed by atoms with Crippen LogP contribution in [-0.2, 0) is 40.0 Å². The highest BCUT2D eigenvalue weighted by Gasteiger charge is 2.46. The van der Waals surface area contributed by atoms with E-state index in [1.165, 1.54) is 6.07 Å². The van der Waals surface area contributed by atoms with Crippen LogP contribution >= 0.6 is 22.9 Å². The van der Waals surface area contributed by atoms with Gasteiger partial charge in [-0.25, -0.2) is 9.18 Å². The van der Waals surface area contributed by atoms with Crippen molar-refractivity contribution in [2.75, 3.05) is 39.3 Å². The van der Waals surface area contributed by atoms with Crippen LogP contribution in [-0.4, -0.2) is 121 Å². The third-order valence-corrected chi connectivity index (χ3v) is 15.7. The van der Waals surface area contributed by atoms with E-state index in [2.05, 4.69) is 45.3 Å². The molecule has 0 unspecified atom stereocenters. The number of ether oxygens (including phenoxy) is 1. The van der Waals surface area contributed by atoms with Crippen molar-refractivity contribution >= 4 is 86.0 Å². The Morgan fingerprint density at radius 1 is 0.855 bits per heavy atom. The summed E-state index contributed by atoms with van der Waals surface area (Å²) >= 11 is 7.89. The number of halogens is 2. The molecule has 23 heteroatoms. The van der Waals surface area contributed by atoms with Crippen LogP contribution in [0.3, 0.4) is 0 Å². The van der Waals surface area contributed by atoms with Crippen LogP contribution in [0.15, 0.2) is 65.8 Å². The zero-order valence-corrected chi connectivity index (χ0v) is 44.1. The Morgan fingerprint density at radius 3 is 2.34 bits per heavy atom. The average Bonchev–Trinajstić information content (AvgIpc) is 4.19. The highest BCUT2D eigenvalue weighted by Crippen LogP contribution is 2.43. The number of aryl methyl sites for hydroxylation is 2. The van der Waals surface area contributed by atoms with Crippen LogP contribution in [0, 0.1) is 26.6 Å². The van der Waals surface area contributed by atoms with E-state index >= 15 is 4.39 Å². The second-order valence-corrected chi connectivity index (χ2v) is 21.2. The maximum atomic E-state index is 16.3. The largest absolute Gasteiger partial charge is 0.462 e. The minimum absolute atomic E-state index is 0.0273. The number of rotatable bonds is 16. The number of carbonyl (C=O) groups is 6. The average molecular weight is 1070 g/mol. The molecule has 4 bridgehead atoms. The van der Waals surface area contributed by atoms with Crippen molar-refractivity contribution in [1.29, 1.82) is 0 Å². The highest BCUT2D eigenvalue weighted by molar-refractivity contribution is 7.15. The molecule has 0 saturated carbocycles. The molecule has 0 radical (unpaired) electrons. The maximum absolute atomic E-state index is 16.3. The molecule has 1 atom stereocenters. The first kappa shape index (κ1) is 51.8. The van der Waals surface area contributed by atoms with Gasteiger partial charge in [-0.2, -0.15) is 5.10 Å². The van der Waals surface area contributed by atoms with Gasteiger partial charge in [0.15, 0.2) is 5.82 Å². The van der Waals surface area contributed by atoms with Gasteiger partial charge in [-0.1, -0.05) is 40.7 Å². The lowest BCUT2D eigenvalue weighted by atomic mass is 9.88. The van der Waals surface area contributed by atoms with E-state index in [0.717, 1.165) is 32.3 Å². The predicted octanol–water partition coefficient (Wildman–Crippen LogP) is 5.45. The van der Waals surface area contributed by atoms with Gasteiger partial charge in [-0.15, -0.1) is 31.2 Å². The predicted molar refractivity (Wildman–Crippen MR) is 283 cm³/mol. The zero-order chi connectivity index (χ0) is 53.6. The quantitative estimate of drug-likeness (QED) is 0.0540. The van der Waals surface area contributed by atoms with Gasteiger partial charge in [0.05, 0.1) is 48.6 Å². The number of thiophene rings is 1. The molecular formula is C53H56ClFN13O7S+.